The van der Waals surface area contributed by atoms with Crippen molar-refractivity contribution in [3.63, 3.8) is 0 Å². The first kappa shape index (κ1) is 18.7. The summed E-state index contributed by atoms with van der Waals surface area (Å²) in [6, 6.07) is 2.97. The molecule has 9 nitrogen and oxygen atoms in total. The normalized spacial score (nSPS) is 19.2. The first-order valence-electron chi connectivity index (χ1n) is 8.60. The summed E-state index contributed by atoms with van der Waals surface area (Å²) in [4.78, 5) is 42.1. The molecule has 27 heavy (non-hydrogen) atoms. The van der Waals surface area contributed by atoms with Gasteiger partial charge in [-0.2, -0.15) is 9.97 Å². The van der Waals surface area contributed by atoms with Crippen molar-refractivity contribution < 1.29 is 9.18 Å². The highest BCUT2D eigenvalue weighted by molar-refractivity contribution is 5.92. The number of amides is 1. The van der Waals surface area contributed by atoms with Crippen LogP contribution < -0.4 is 20.8 Å². The Kier molecular flexibility index (Phi) is 5.33. The van der Waals surface area contributed by atoms with Gasteiger partial charge in [0.05, 0.1) is 12.6 Å². The molecule has 0 bridgehead atoms. The van der Waals surface area contributed by atoms with Gasteiger partial charge in [-0.15, -0.1) is 0 Å². The Morgan fingerprint density at radius 1 is 1.44 bits per heavy atom. The number of rotatable bonds is 5. The number of anilines is 2. The summed E-state index contributed by atoms with van der Waals surface area (Å²) < 4.78 is 14.1. The number of hydrogen-bond donors (Lipinski definition) is 2. The van der Waals surface area contributed by atoms with Gasteiger partial charge in [0.2, 0.25) is 5.95 Å². The van der Waals surface area contributed by atoms with Gasteiger partial charge in [-0.1, -0.05) is 0 Å². The number of aromatic amines is 1. The summed E-state index contributed by atoms with van der Waals surface area (Å²) >= 11 is 0. The highest BCUT2D eigenvalue weighted by atomic mass is 19.1. The molecule has 1 amide bonds. The minimum atomic E-state index is -1.01. The number of carbonyl (C=O) groups is 1. The van der Waals surface area contributed by atoms with Gasteiger partial charge in [-0.3, -0.25) is 4.79 Å². The van der Waals surface area contributed by atoms with E-state index < -0.39 is 17.8 Å². The molecule has 0 aliphatic carbocycles. The minimum Gasteiger partial charge on any atom is -0.349 e. The fourth-order valence-corrected chi connectivity index (χ4v) is 3.05. The SMILES string of the molecule is Cc1cc(C(=O)NC[C@@H]2C[C@H](F)CN2c2ccnc(N(C)C)n2)nc(=O)[nH]1. The largest absolute Gasteiger partial charge is 0.349 e. The standard InChI is InChI=1S/C17H22FN7O2/c1-10-6-13(22-17(27)21-10)15(26)20-8-12-7-11(18)9-25(12)14-4-5-19-16(23-14)24(2)3/h4-6,11-12H,7-9H2,1-3H3,(H,20,26)(H,21,22,27)/t11-,12-/m0/s1. The number of aromatic nitrogens is 4. The Balaban J connectivity index is 1.72. The van der Waals surface area contributed by atoms with Gasteiger partial charge >= 0.3 is 5.69 Å². The first-order valence-corrected chi connectivity index (χ1v) is 8.60. The average Bonchev–Trinajstić information content (AvgIpc) is 2.99. The summed E-state index contributed by atoms with van der Waals surface area (Å²) in [5, 5.41) is 2.74. The molecule has 0 radical (unpaired) electrons. The van der Waals surface area contributed by atoms with Gasteiger partial charge in [0.25, 0.3) is 5.91 Å². The van der Waals surface area contributed by atoms with E-state index in [4.69, 9.17) is 0 Å². The van der Waals surface area contributed by atoms with Crippen molar-refractivity contribution in [2.24, 2.45) is 0 Å². The molecule has 3 heterocycles. The number of hydrogen-bond acceptors (Lipinski definition) is 7. The minimum absolute atomic E-state index is 0.0366. The zero-order valence-corrected chi connectivity index (χ0v) is 15.4. The Bertz CT molecular complexity index is 886. The molecule has 1 aliphatic rings. The third kappa shape index (κ3) is 4.39. The highest BCUT2D eigenvalue weighted by Crippen LogP contribution is 2.26. The van der Waals surface area contributed by atoms with Crippen molar-refractivity contribution in [3.05, 3.63) is 40.2 Å². The summed E-state index contributed by atoms with van der Waals surface area (Å²) in [5.74, 6) is 0.669. The number of H-pyrrole nitrogens is 1. The van der Waals surface area contributed by atoms with Crippen LogP contribution in [0, 0.1) is 6.92 Å². The van der Waals surface area contributed by atoms with Crippen LogP contribution >= 0.6 is 0 Å². The second-order valence-electron chi connectivity index (χ2n) is 6.71. The van der Waals surface area contributed by atoms with Crippen molar-refractivity contribution in [1.29, 1.82) is 0 Å². The van der Waals surface area contributed by atoms with E-state index in [2.05, 4.69) is 25.3 Å². The first-order chi connectivity index (χ1) is 12.8. The monoisotopic (exact) mass is 375 g/mol. The van der Waals surface area contributed by atoms with Gasteiger partial charge in [0, 0.05) is 39.0 Å². The lowest BCUT2D eigenvalue weighted by molar-refractivity contribution is 0.0945. The van der Waals surface area contributed by atoms with E-state index in [1.807, 2.05) is 19.0 Å². The molecule has 10 heteroatoms. The van der Waals surface area contributed by atoms with E-state index in [-0.39, 0.29) is 31.2 Å². The fourth-order valence-electron chi connectivity index (χ4n) is 3.05. The van der Waals surface area contributed by atoms with Crippen molar-refractivity contribution in [2.45, 2.75) is 25.6 Å². The number of aryl methyl sites for hydroxylation is 1. The van der Waals surface area contributed by atoms with E-state index in [1.54, 1.807) is 24.1 Å². The van der Waals surface area contributed by atoms with Crippen molar-refractivity contribution in [2.75, 3.05) is 37.0 Å². The fraction of sp³-hybridized carbons (Fsp3) is 0.471. The molecule has 3 rings (SSSR count). The van der Waals surface area contributed by atoms with Crippen molar-refractivity contribution >= 4 is 17.7 Å². The zero-order chi connectivity index (χ0) is 19.6. The van der Waals surface area contributed by atoms with Crippen LogP contribution in [0.5, 0.6) is 0 Å². The predicted octanol–water partition coefficient (Wildman–Crippen LogP) is 0.281. The quantitative estimate of drug-likeness (QED) is 0.773. The number of carbonyl (C=O) groups excluding carboxylic acids is 1. The molecule has 0 unspecified atom stereocenters. The van der Waals surface area contributed by atoms with Gasteiger partial charge in [0.1, 0.15) is 17.7 Å². The molecule has 1 saturated heterocycles. The van der Waals surface area contributed by atoms with Crippen LogP contribution in [0.2, 0.25) is 0 Å². The van der Waals surface area contributed by atoms with Gasteiger partial charge in [0.15, 0.2) is 0 Å². The lowest BCUT2D eigenvalue weighted by atomic mass is 10.2. The Hall–Kier alpha value is -3.04. The smallest absolute Gasteiger partial charge is 0.345 e. The van der Waals surface area contributed by atoms with Gasteiger partial charge in [-0.05, 0) is 19.1 Å². The molecule has 2 aromatic heterocycles. The maximum Gasteiger partial charge on any atom is 0.345 e. The summed E-state index contributed by atoms with van der Waals surface area (Å²) in [7, 11) is 3.66. The summed E-state index contributed by atoms with van der Waals surface area (Å²) in [5.41, 5.74) is 0.00172. The second-order valence-corrected chi connectivity index (χ2v) is 6.71. The Morgan fingerprint density at radius 3 is 2.93 bits per heavy atom. The molecular weight excluding hydrogens is 353 g/mol. The summed E-state index contributed by atoms with van der Waals surface area (Å²) in [6.45, 7) is 2.09. The number of alkyl halides is 1. The van der Waals surface area contributed by atoms with Gasteiger partial charge < -0.3 is 20.1 Å². The lowest BCUT2D eigenvalue weighted by Gasteiger charge is -2.26. The molecule has 144 valence electrons. The third-order valence-corrected chi connectivity index (χ3v) is 4.30. The summed E-state index contributed by atoms with van der Waals surface area (Å²) in [6.07, 6.45) is 0.898. The highest BCUT2D eigenvalue weighted by Gasteiger charge is 2.33. The molecule has 2 N–H and O–H groups in total. The van der Waals surface area contributed by atoms with E-state index in [1.165, 1.54) is 6.07 Å². The van der Waals surface area contributed by atoms with Crippen LogP contribution in [0.3, 0.4) is 0 Å². The predicted molar refractivity (Wildman–Crippen MR) is 98.9 cm³/mol. The molecule has 1 fully saturated rings. The maximum atomic E-state index is 14.1. The molecule has 2 atom stereocenters. The van der Waals surface area contributed by atoms with E-state index in [0.717, 1.165) is 0 Å². The van der Waals surface area contributed by atoms with Crippen molar-refractivity contribution in [3.8, 4) is 0 Å². The van der Waals surface area contributed by atoms with Crippen molar-refractivity contribution in [1.82, 2.24) is 25.3 Å². The topological polar surface area (TPSA) is 107 Å². The van der Waals surface area contributed by atoms with Crippen LogP contribution in [-0.2, 0) is 0 Å². The molecule has 1 aliphatic heterocycles. The van der Waals surface area contributed by atoms with Crippen LogP contribution in [0.25, 0.3) is 0 Å². The van der Waals surface area contributed by atoms with E-state index >= 15 is 0 Å². The molecule has 0 saturated carbocycles. The molecular formula is C17H22FN7O2. The molecule has 2 aromatic rings. The average molecular weight is 375 g/mol. The van der Waals surface area contributed by atoms with Crippen LogP contribution in [-0.4, -0.2) is 65.2 Å². The van der Waals surface area contributed by atoms with Crippen LogP contribution in [0.4, 0.5) is 16.2 Å². The van der Waals surface area contributed by atoms with E-state index in [0.29, 0.717) is 17.5 Å². The number of nitrogens with zero attached hydrogens (tertiary/aromatic N) is 5. The van der Waals surface area contributed by atoms with Crippen LogP contribution in [0.15, 0.2) is 23.1 Å². The third-order valence-electron chi connectivity index (χ3n) is 4.30. The molecule has 0 aromatic carbocycles. The maximum absolute atomic E-state index is 14.1. The molecule has 0 spiro atoms. The zero-order valence-electron chi connectivity index (χ0n) is 15.4. The van der Waals surface area contributed by atoms with E-state index in [9.17, 15) is 14.0 Å². The van der Waals surface area contributed by atoms with Crippen LogP contribution in [0.1, 0.15) is 22.6 Å². The second kappa shape index (κ2) is 7.68. The lowest BCUT2D eigenvalue weighted by Crippen LogP contribution is -2.41. The number of nitrogens with one attached hydrogen (secondary N) is 2. The Morgan fingerprint density at radius 2 is 2.22 bits per heavy atom. The van der Waals surface area contributed by atoms with Gasteiger partial charge in [-0.25, -0.2) is 14.2 Å². The Labute approximate surface area is 155 Å². The number of halogens is 1.